The summed E-state index contributed by atoms with van der Waals surface area (Å²) in [5.41, 5.74) is 11.9. The third kappa shape index (κ3) is 5.94. The zero-order chi connectivity index (χ0) is 25.0. The minimum absolute atomic E-state index is 0.0319. The van der Waals surface area contributed by atoms with Crippen molar-refractivity contribution in [3.63, 3.8) is 0 Å². The number of nitrogens with one attached hydrogen (secondary N) is 1. The predicted molar refractivity (Wildman–Crippen MR) is 149 cm³/mol. The van der Waals surface area contributed by atoms with Crippen molar-refractivity contribution < 1.29 is 4.74 Å². The molecule has 0 aliphatic heterocycles. The number of ether oxygens (including phenoxy) is 1. The molecule has 1 aromatic heterocycles. The van der Waals surface area contributed by atoms with E-state index < -0.39 is 0 Å². The number of benzene rings is 2. The van der Waals surface area contributed by atoms with Crippen molar-refractivity contribution in [3.05, 3.63) is 82.6 Å². The first-order valence-electron chi connectivity index (χ1n) is 13.5. The van der Waals surface area contributed by atoms with E-state index >= 15 is 0 Å². The van der Waals surface area contributed by atoms with E-state index in [1.165, 1.54) is 28.7 Å². The van der Waals surface area contributed by atoms with Crippen LogP contribution in [0.4, 0.5) is 0 Å². The first-order valence-corrected chi connectivity index (χ1v) is 13.9. The van der Waals surface area contributed by atoms with Crippen molar-refractivity contribution in [3.8, 4) is 16.9 Å². The average molecular weight is 504 g/mol. The predicted octanol–water partition coefficient (Wildman–Crippen LogP) is 7.00. The van der Waals surface area contributed by atoms with Crippen LogP contribution in [-0.4, -0.2) is 24.2 Å². The monoisotopic (exact) mass is 503 g/mol. The highest BCUT2D eigenvalue weighted by molar-refractivity contribution is 6.31. The Kier molecular flexibility index (Phi) is 7.95. The first-order chi connectivity index (χ1) is 17.6. The lowest BCUT2D eigenvalue weighted by Crippen LogP contribution is -2.31. The zero-order valence-electron chi connectivity index (χ0n) is 21.3. The van der Waals surface area contributed by atoms with Gasteiger partial charge in [0.1, 0.15) is 5.75 Å². The number of nitrogens with zero attached hydrogens (tertiary/aromatic N) is 1. The molecule has 0 radical (unpaired) electrons. The van der Waals surface area contributed by atoms with Gasteiger partial charge in [-0.3, -0.25) is 4.98 Å². The molecule has 0 bridgehead atoms. The maximum absolute atomic E-state index is 6.61. The molecule has 190 valence electrons. The standard InChI is InChI=1S/C31H38ClN3O/c1-22(6-4-5-17-33)23-9-12-29(32)24(20-23)13-19-35-31(15-16-31)28-21-34-18-14-26(28)27-7-2-3-8-30(27)36-25-10-11-25/h2-3,7-9,12,14,18,20-22,25,35H,4-6,10-11,13,15-17,19,33H2,1H3/t22-/m0/s1. The number of para-hydroxylation sites is 1. The van der Waals surface area contributed by atoms with Gasteiger partial charge in [0.25, 0.3) is 0 Å². The number of nitrogens with two attached hydrogens (primary N) is 1. The Morgan fingerprint density at radius 3 is 2.72 bits per heavy atom. The van der Waals surface area contributed by atoms with Gasteiger partial charge in [0.05, 0.1) is 6.10 Å². The number of hydrogen-bond donors (Lipinski definition) is 2. The third-order valence-corrected chi connectivity index (χ3v) is 8.04. The molecule has 4 nitrogen and oxygen atoms in total. The van der Waals surface area contributed by atoms with Crippen LogP contribution in [0.5, 0.6) is 5.75 Å². The molecule has 1 atom stereocenters. The summed E-state index contributed by atoms with van der Waals surface area (Å²) in [5, 5.41) is 4.74. The lowest BCUT2D eigenvalue weighted by molar-refractivity contribution is 0.304. The highest BCUT2D eigenvalue weighted by Gasteiger charge is 2.45. The number of unbranched alkanes of at least 4 members (excludes halogenated alkanes) is 1. The Labute approximate surface area is 220 Å². The molecule has 5 rings (SSSR count). The average Bonchev–Trinajstić information content (AvgIpc) is 3.83. The lowest BCUT2D eigenvalue weighted by atomic mass is 9.93. The van der Waals surface area contributed by atoms with Crippen molar-refractivity contribution >= 4 is 11.6 Å². The molecular weight excluding hydrogens is 466 g/mol. The number of rotatable bonds is 13. The van der Waals surface area contributed by atoms with Crippen LogP contribution in [0.3, 0.4) is 0 Å². The summed E-state index contributed by atoms with van der Waals surface area (Å²) in [6, 6.07) is 17.1. The molecule has 0 unspecified atom stereocenters. The molecule has 2 aromatic carbocycles. The maximum atomic E-state index is 6.61. The van der Waals surface area contributed by atoms with Gasteiger partial charge in [-0.2, -0.15) is 0 Å². The fraction of sp³-hybridized carbons (Fsp3) is 0.452. The van der Waals surface area contributed by atoms with Crippen molar-refractivity contribution in [1.29, 1.82) is 0 Å². The van der Waals surface area contributed by atoms with Gasteiger partial charge >= 0.3 is 0 Å². The summed E-state index contributed by atoms with van der Waals surface area (Å²) in [6.45, 7) is 3.94. The van der Waals surface area contributed by atoms with Gasteiger partial charge in [0.15, 0.2) is 0 Å². The van der Waals surface area contributed by atoms with Crippen LogP contribution in [0.25, 0.3) is 11.1 Å². The van der Waals surface area contributed by atoms with E-state index in [2.05, 4.69) is 65.8 Å². The fourth-order valence-electron chi connectivity index (χ4n) is 5.13. The Morgan fingerprint density at radius 2 is 1.94 bits per heavy atom. The van der Waals surface area contributed by atoms with E-state index in [9.17, 15) is 0 Å². The summed E-state index contributed by atoms with van der Waals surface area (Å²) >= 11 is 6.61. The van der Waals surface area contributed by atoms with Gasteiger partial charge in [-0.25, -0.2) is 0 Å². The van der Waals surface area contributed by atoms with Crippen LogP contribution < -0.4 is 15.8 Å². The third-order valence-electron chi connectivity index (χ3n) is 7.67. The van der Waals surface area contributed by atoms with E-state index in [1.807, 2.05) is 12.4 Å². The normalized spacial score (nSPS) is 17.1. The molecule has 2 aliphatic rings. The first kappa shape index (κ1) is 25.3. The van der Waals surface area contributed by atoms with Crippen molar-refractivity contribution in [2.45, 2.75) is 75.9 Å². The molecule has 2 fully saturated rings. The SMILES string of the molecule is C[C@@H](CCCCN)c1ccc(Cl)c(CCNC2(c3cnccc3-c3ccccc3OC3CC3)CC2)c1. The van der Waals surface area contributed by atoms with Crippen LogP contribution >= 0.6 is 11.6 Å². The minimum atomic E-state index is -0.0319. The molecule has 36 heavy (non-hydrogen) atoms. The van der Waals surface area contributed by atoms with Gasteiger partial charge in [0.2, 0.25) is 0 Å². The smallest absolute Gasteiger partial charge is 0.127 e. The Balaban J connectivity index is 1.29. The Hall–Kier alpha value is -2.40. The second-order valence-corrected chi connectivity index (χ2v) is 10.9. The molecule has 0 saturated heterocycles. The van der Waals surface area contributed by atoms with Crippen molar-refractivity contribution in [2.75, 3.05) is 13.1 Å². The molecule has 5 heteroatoms. The molecule has 3 N–H and O–H groups in total. The molecular formula is C31H38ClN3O. The molecule has 0 spiro atoms. The van der Waals surface area contributed by atoms with Gasteiger partial charge in [-0.1, -0.05) is 55.3 Å². The number of aromatic nitrogens is 1. The topological polar surface area (TPSA) is 60.2 Å². The largest absolute Gasteiger partial charge is 0.490 e. The van der Waals surface area contributed by atoms with Gasteiger partial charge < -0.3 is 15.8 Å². The molecule has 3 aromatic rings. The van der Waals surface area contributed by atoms with E-state index in [0.717, 1.165) is 74.4 Å². The summed E-state index contributed by atoms with van der Waals surface area (Å²) in [4.78, 5) is 4.51. The maximum Gasteiger partial charge on any atom is 0.127 e. The van der Waals surface area contributed by atoms with E-state index in [1.54, 1.807) is 0 Å². The summed E-state index contributed by atoms with van der Waals surface area (Å²) < 4.78 is 6.25. The van der Waals surface area contributed by atoms with Crippen LogP contribution in [0.2, 0.25) is 5.02 Å². The van der Waals surface area contributed by atoms with Gasteiger partial charge in [-0.05, 0) is 97.9 Å². The zero-order valence-corrected chi connectivity index (χ0v) is 22.1. The quantitative estimate of drug-likeness (QED) is 0.246. The molecule has 1 heterocycles. The fourth-order valence-corrected chi connectivity index (χ4v) is 5.34. The second kappa shape index (κ2) is 11.3. The molecule has 0 amide bonds. The van der Waals surface area contributed by atoms with Crippen LogP contribution in [0.1, 0.15) is 74.5 Å². The highest BCUT2D eigenvalue weighted by Crippen LogP contribution is 2.50. The summed E-state index contributed by atoms with van der Waals surface area (Å²) in [6.07, 6.45) is 13.2. The van der Waals surface area contributed by atoms with Crippen molar-refractivity contribution in [2.24, 2.45) is 5.73 Å². The highest BCUT2D eigenvalue weighted by atomic mass is 35.5. The van der Waals surface area contributed by atoms with E-state index in [0.29, 0.717) is 12.0 Å². The van der Waals surface area contributed by atoms with Crippen molar-refractivity contribution in [1.82, 2.24) is 10.3 Å². The number of pyridine rings is 1. The van der Waals surface area contributed by atoms with E-state index in [-0.39, 0.29) is 5.54 Å². The van der Waals surface area contributed by atoms with Crippen LogP contribution in [-0.2, 0) is 12.0 Å². The van der Waals surface area contributed by atoms with Crippen LogP contribution in [0, 0.1) is 0 Å². The van der Waals surface area contributed by atoms with Crippen LogP contribution in [0.15, 0.2) is 60.9 Å². The minimum Gasteiger partial charge on any atom is -0.490 e. The summed E-state index contributed by atoms with van der Waals surface area (Å²) in [7, 11) is 0. The number of hydrogen-bond acceptors (Lipinski definition) is 4. The molecule has 2 aliphatic carbocycles. The van der Waals surface area contributed by atoms with Gasteiger partial charge in [-0.15, -0.1) is 0 Å². The van der Waals surface area contributed by atoms with Gasteiger partial charge in [0, 0.05) is 35.1 Å². The lowest BCUT2D eigenvalue weighted by Gasteiger charge is -2.22. The molecule has 2 saturated carbocycles. The summed E-state index contributed by atoms with van der Waals surface area (Å²) in [5.74, 6) is 1.50. The van der Waals surface area contributed by atoms with E-state index in [4.69, 9.17) is 22.1 Å². The number of halogens is 1. The Morgan fingerprint density at radius 1 is 1.11 bits per heavy atom. The second-order valence-electron chi connectivity index (χ2n) is 10.5. The Bertz CT molecular complexity index is 1170.